The number of carbonyl (C=O) groups excluding carboxylic acids is 1. The number of hydrogen-bond acceptors (Lipinski definition) is 3. The van der Waals surface area contributed by atoms with Crippen LogP contribution < -0.4 is 10.6 Å². The van der Waals surface area contributed by atoms with Crippen LogP contribution in [0.1, 0.15) is 15.9 Å². The molecule has 10 heteroatoms. The molecule has 5 nitrogen and oxygen atoms in total. The third-order valence-corrected chi connectivity index (χ3v) is 5.06. The summed E-state index contributed by atoms with van der Waals surface area (Å²) in [5, 5.41) is 6.10. The number of halogens is 5. The monoisotopic (exact) mass is 464 g/mol. The van der Waals surface area contributed by atoms with Gasteiger partial charge in [-0.3, -0.25) is 4.79 Å². The van der Waals surface area contributed by atoms with Gasteiger partial charge in [0.15, 0.2) is 0 Å². The molecular weight excluding hydrogens is 452 g/mol. The Labute approximate surface area is 184 Å². The van der Waals surface area contributed by atoms with Gasteiger partial charge in [-0.25, -0.2) is 4.98 Å². The lowest BCUT2D eigenvalue weighted by atomic mass is 10.1. The van der Waals surface area contributed by atoms with Crippen LogP contribution >= 0.6 is 23.2 Å². The van der Waals surface area contributed by atoms with Crippen molar-refractivity contribution < 1.29 is 18.0 Å². The van der Waals surface area contributed by atoms with Gasteiger partial charge in [-0.2, -0.15) is 13.2 Å². The Bertz CT molecular complexity index is 1270. The summed E-state index contributed by atoms with van der Waals surface area (Å²) >= 11 is 12.3. The van der Waals surface area contributed by atoms with Gasteiger partial charge in [0.2, 0.25) is 5.95 Å². The van der Waals surface area contributed by atoms with Gasteiger partial charge in [-0.1, -0.05) is 41.4 Å². The van der Waals surface area contributed by atoms with Gasteiger partial charge in [0.1, 0.15) is 0 Å². The number of aromatic amines is 1. The summed E-state index contributed by atoms with van der Waals surface area (Å²) in [6.07, 6.45) is -4.59. The lowest BCUT2D eigenvalue weighted by Crippen LogP contribution is -2.16. The minimum atomic E-state index is -4.59. The number of alkyl halides is 3. The van der Waals surface area contributed by atoms with Crippen LogP contribution in [0.15, 0.2) is 60.7 Å². The maximum Gasteiger partial charge on any atom is 0.418 e. The maximum absolute atomic E-state index is 13.2. The van der Waals surface area contributed by atoms with E-state index in [0.717, 1.165) is 6.07 Å². The fraction of sp³-hybridized carbons (Fsp3) is 0.0476. The Balaban J connectivity index is 1.60. The first-order chi connectivity index (χ1) is 14.7. The molecule has 0 saturated carbocycles. The molecule has 1 amide bonds. The topological polar surface area (TPSA) is 69.8 Å². The standard InChI is InChI=1S/C21H13Cl2F3N4O/c22-13-5-3-6-14(23)18(13)30-20-28-16-9-8-11(10-17(16)29-20)19(31)27-15-7-2-1-4-12(15)21(24,25)26/h1-10H,(H,27,31)(H2,28,29,30). The molecule has 0 radical (unpaired) electrons. The zero-order valence-corrected chi connectivity index (χ0v) is 17.0. The average molecular weight is 465 g/mol. The molecule has 4 aromatic rings. The van der Waals surface area contributed by atoms with E-state index in [1.54, 1.807) is 24.3 Å². The van der Waals surface area contributed by atoms with E-state index in [0.29, 0.717) is 32.7 Å². The van der Waals surface area contributed by atoms with Crippen LogP contribution in [0.5, 0.6) is 0 Å². The second-order valence-corrected chi connectivity index (χ2v) is 7.35. The van der Waals surface area contributed by atoms with Crippen molar-refractivity contribution >= 4 is 57.5 Å². The molecule has 0 spiro atoms. The smallest absolute Gasteiger partial charge is 0.324 e. The predicted molar refractivity (Wildman–Crippen MR) is 115 cm³/mol. The quantitative estimate of drug-likeness (QED) is 0.308. The molecule has 0 bridgehead atoms. The number of aromatic nitrogens is 2. The molecule has 0 unspecified atom stereocenters. The number of H-pyrrole nitrogens is 1. The highest BCUT2D eigenvalue weighted by Crippen LogP contribution is 2.35. The van der Waals surface area contributed by atoms with Crippen molar-refractivity contribution in [3.05, 3.63) is 81.8 Å². The van der Waals surface area contributed by atoms with Gasteiger partial charge < -0.3 is 15.6 Å². The van der Waals surface area contributed by atoms with E-state index < -0.39 is 17.6 Å². The minimum absolute atomic E-state index is 0.162. The molecule has 4 rings (SSSR count). The molecule has 0 fully saturated rings. The molecule has 0 aliphatic rings. The lowest BCUT2D eigenvalue weighted by Gasteiger charge is -2.13. The normalized spacial score (nSPS) is 11.5. The number of imidazole rings is 1. The number of benzene rings is 3. The van der Waals surface area contributed by atoms with Gasteiger partial charge in [-0.15, -0.1) is 0 Å². The van der Waals surface area contributed by atoms with Crippen molar-refractivity contribution in [3.63, 3.8) is 0 Å². The number of fused-ring (bicyclic) bond motifs is 1. The van der Waals surface area contributed by atoms with Crippen LogP contribution in [0.25, 0.3) is 11.0 Å². The molecule has 0 atom stereocenters. The number of hydrogen-bond donors (Lipinski definition) is 3. The van der Waals surface area contributed by atoms with E-state index in [4.69, 9.17) is 23.2 Å². The van der Waals surface area contributed by atoms with Gasteiger partial charge in [-0.05, 0) is 42.5 Å². The highest BCUT2D eigenvalue weighted by Gasteiger charge is 2.33. The molecule has 3 N–H and O–H groups in total. The van der Waals surface area contributed by atoms with Crippen LogP contribution in [0, 0.1) is 0 Å². The second-order valence-electron chi connectivity index (χ2n) is 6.54. The Morgan fingerprint density at radius 1 is 0.968 bits per heavy atom. The Kier molecular flexibility index (Phi) is 5.51. The second kappa shape index (κ2) is 8.13. The Morgan fingerprint density at radius 2 is 1.68 bits per heavy atom. The summed E-state index contributed by atoms with van der Waals surface area (Å²) in [5.74, 6) is -0.346. The number of carbonyl (C=O) groups is 1. The summed E-state index contributed by atoms with van der Waals surface area (Å²) in [4.78, 5) is 19.9. The summed E-state index contributed by atoms with van der Waals surface area (Å²) < 4.78 is 39.5. The summed E-state index contributed by atoms with van der Waals surface area (Å²) in [7, 11) is 0. The highest BCUT2D eigenvalue weighted by atomic mass is 35.5. The predicted octanol–water partition coefficient (Wildman–Crippen LogP) is 6.88. The van der Waals surface area contributed by atoms with Gasteiger partial charge in [0, 0.05) is 5.56 Å². The first-order valence-electron chi connectivity index (χ1n) is 8.91. The molecule has 31 heavy (non-hydrogen) atoms. The zero-order chi connectivity index (χ0) is 22.2. The minimum Gasteiger partial charge on any atom is -0.324 e. The van der Waals surface area contributed by atoms with Crippen LogP contribution in [0.4, 0.5) is 30.5 Å². The molecular formula is C21H13Cl2F3N4O. The number of rotatable bonds is 4. The van der Waals surface area contributed by atoms with Crippen LogP contribution in [0.2, 0.25) is 10.0 Å². The van der Waals surface area contributed by atoms with Crippen LogP contribution in [0.3, 0.4) is 0 Å². The highest BCUT2D eigenvalue weighted by molar-refractivity contribution is 6.39. The Hall–Kier alpha value is -3.23. The van der Waals surface area contributed by atoms with E-state index in [2.05, 4.69) is 20.6 Å². The Morgan fingerprint density at radius 3 is 2.39 bits per heavy atom. The number of nitrogens with one attached hydrogen (secondary N) is 3. The van der Waals surface area contributed by atoms with Crippen LogP contribution in [-0.4, -0.2) is 15.9 Å². The summed E-state index contributed by atoms with van der Waals surface area (Å²) in [6.45, 7) is 0. The largest absolute Gasteiger partial charge is 0.418 e. The summed E-state index contributed by atoms with van der Waals surface area (Å²) in [5.41, 5.74) is 0.428. The van der Waals surface area contributed by atoms with Crippen molar-refractivity contribution in [1.29, 1.82) is 0 Å². The average Bonchev–Trinajstić information content (AvgIpc) is 3.12. The van der Waals surface area contributed by atoms with Gasteiger partial charge in [0.25, 0.3) is 5.91 Å². The number of amides is 1. The number of anilines is 3. The molecule has 158 valence electrons. The zero-order valence-electron chi connectivity index (χ0n) is 15.5. The molecule has 0 aliphatic carbocycles. The van der Waals surface area contributed by atoms with E-state index in [1.165, 1.54) is 30.3 Å². The summed E-state index contributed by atoms with van der Waals surface area (Å²) in [6, 6.07) is 14.4. The lowest BCUT2D eigenvalue weighted by molar-refractivity contribution is -0.136. The SMILES string of the molecule is O=C(Nc1ccccc1C(F)(F)F)c1ccc2nc(Nc3c(Cl)cccc3Cl)[nH]c2c1. The molecule has 1 heterocycles. The molecule has 1 aromatic heterocycles. The first-order valence-corrected chi connectivity index (χ1v) is 9.66. The number of para-hydroxylation sites is 2. The van der Waals surface area contributed by atoms with E-state index in [9.17, 15) is 18.0 Å². The first kappa shape index (κ1) is 21.0. The number of nitrogens with zero attached hydrogens (tertiary/aromatic N) is 1. The van der Waals surface area contributed by atoms with Crippen molar-refractivity contribution in [3.8, 4) is 0 Å². The van der Waals surface area contributed by atoms with E-state index in [-0.39, 0.29) is 11.3 Å². The molecule has 3 aromatic carbocycles. The van der Waals surface area contributed by atoms with E-state index in [1.807, 2.05) is 0 Å². The van der Waals surface area contributed by atoms with Gasteiger partial charge >= 0.3 is 6.18 Å². The van der Waals surface area contributed by atoms with Crippen molar-refractivity contribution in [2.24, 2.45) is 0 Å². The van der Waals surface area contributed by atoms with Crippen molar-refractivity contribution in [1.82, 2.24) is 9.97 Å². The maximum atomic E-state index is 13.2. The van der Waals surface area contributed by atoms with Crippen LogP contribution in [-0.2, 0) is 6.18 Å². The van der Waals surface area contributed by atoms with Crippen molar-refractivity contribution in [2.75, 3.05) is 10.6 Å². The van der Waals surface area contributed by atoms with Gasteiger partial charge in [0.05, 0.1) is 38.0 Å². The van der Waals surface area contributed by atoms with Crippen molar-refractivity contribution in [2.45, 2.75) is 6.18 Å². The molecule has 0 aliphatic heterocycles. The molecule has 0 saturated heterocycles. The van der Waals surface area contributed by atoms with E-state index >= 15 is 0 Å². The third kappa shape index (κ3) is 4.45. The fourth-order valence-corrected chi connectivity index (χ4v) is 3.47. The third-order valence-electron chi connectivity index (χ3n) is 4.43. The fourth-order valence-electron chi connectivity index (χ4n) is 2.98.